The number of carbonyl (C=O) groups is 1. The predicted molar refractivity (Wildman–Crippen MR) is 72.7 cm³/mol. The summed E-state index contributed by atoms with van der Waals surface area (Å²) in [6.45, 7) is 3.78. The van der Waals surface area contributed by atoms with Gasteiger partial charge in [0.25, 0.3) is 0 Å². The average molecular weight is 292 g/mol. The second kappa shape index (κ2) is 6.39. The number of hydrogen-bond donors (Lipinski definition) is 1. The van der Waals surface area contributed by atoms with E-state index in [0.717, 1.165) is 0 Å². The van der Waals surface area contributed by atoms with Gasteiger partial charge in [0, 0.05) is 16.5 Å². The minimum atomic E-state index is -0.476. The maximum atomic E-state index is 13.5. The van der Waals surface area contributed by atoms with E-state index in [2.05, 4.69) is 5.32 Å². The molecule has 1 aromatic rings. The minimum Gasteiger partial charge on any atom is -0.349 e. The topological polar surface area (TPSA) is 29.1 Å². The first-order chi connectivity index (χ1) is 8.41. The van der Waals surface area contributed by atoms with Gasteiger partial charge in [0.05, 0.1) is 12.0 Å². The van der Waals surface area contributed by atoms with Crippen molar-refractivity contribution in [3.8, 4) is 0 Å². The largest absolute Gasteiger partial charge is 0.349 e. The Morgan fingerprint density at radius 2 is 2.17 bits per heavy atom. The predicted octanol–water partition coefficient (Wildman–Crippen LogP) is 3.55. The number of nitrogens with one attached hydrogen (secondary N) is 1. The Bertz CT molecular complexity index is 413. The van der Waals surface area contributed by atoms with E-state index in [4.69, 9.17) is 23.2 Å². The highest BCUT2D eigenvalue weighted by Crippen LogP contribution is 2.20. The van der Waals surface area contributed by atoms with Crippen molar-refractivity contribution in [2.75, 3.05) is 5.88 Å². The van der Waals surface area contributed by atoms with Gasteiger partial charge in [0.1, 0.15) is 5.82 Å². The van der Waals surface area contributed by atoms with E-state index in [9.17, 15) is 9.18 Å². The van der Waals surface area contributed by atoms with Crippen molar-refractivity contribution in [1.82, 2.24) is 5.32 Å². The van der Waals surface area contributed by atoms with Crippen LogP contribution in [0.15, 0.2) is 18.2 Å². The van der Waals surface area contributed by atoms with Gasteiger partial charge in [-0.15, -0.1) is 11.6 Å². The van der Waals surface area contributed by atoms with E-state index in [0.29, 0.717) is 12.3 Å². The van der Waals surface area contributed by atoms with Crippen LogP contribution in [0.2, 0.25) is 5.02 Å². The molecule has 0 aliphatic rings. The van der Waals surface area contributed by atoms with Crippen molar-refractivity contribution in [3.63, 3.8) is 0 Å². The molecule has 0 radical (unpaired) electrons. The van der Waals surface area contributed by atoms with Crippen molar-refractivity contribution in [1.29, 1.82) is 0 Å². The summed E-state index contributed by atoms with van der Waals surface area (Å²) in [6, 6.07) is 4.36. The van der Waals surface area contributed by atoms with Gasteiger partial charge < -0.3 is 5.32 Å². The number of rotatable bonds is 5. The molecule has 0 heterocycles. The molecule has 0 aromatic heterocycles. The van der Waals surface area contributed by atoms with Gasteiger partial charge in [-0.3, -0.25) is 4.79 Å². The first kappa shape index (κ1) is 15.3. The Balaban J connectivity index is 2.77. The maximum absolute atomic E-state index is 13.5. The van der Waals surface area contributed by atoms with Crippen molar-refractivity contribution in [2.24, 2.45) is 0 Å². The summed E-state index contributed by atoms with van der Waals surface area (Å²) in [5.74, 6) is -0.450. The zero-order chi connectivity index (χ0) is 13.8. The van der Waals surface area contributed by atoms with Crippen LogP contribution in [-0.4, -0.2) is 17.3 Å². The summed E-state index contributed by atoms with van der Waals surface area (Å²) < 4.78 is 13.5. The monoisotopic (exact) mass is 291 g/mol. The van der Waals surface area contributed by atoms with Crippen LogP contribution in [0.3, 0.4) is 0 Å². The lowest BCUT2D eigenvalue weighted by Gasteiger charge is -2.27. The molecule has 0 saturated heterocycles. The molecule has 1 amide bonds. The van der Waals surface area contributed by atoms with E-state index in [-0.39, 0.29) is 22.9 Å². The molecule has 0 spiro atoms. The van der Waals surface area contributed by atoms with Gasteiger partial charge in [0.2, 0.25) is 5.91 Å². The van der Waals surface area contributed by atoms with Crippen LogP contribution in [0.5, 0.6) is 0 Å². The summed E-state index contributed by atoms with van der Waals surface area (Å²) in [5, 5.41) is 3.06. The molecule has 5 heteroatoms. The lowest BCUT2D eigenvalue weighted by molar-refractivity contribution is -0.122. The van der Waals surface area contributed by atoms with Gasteiger partial charge in [-0.2, -0.15) is 0 Å². The number of alkyl halides is 1. The fourth-order valence-corrected chi connectivity index (χ4v) is 1.94. The summed E-state index contributed by atoms with van der Waals surface area (Å²) >= 11 is 11.7. The quantitative estimate of drug-likeness (QED) is 0.826. The van der Waals surface area contributed by atoms with Crippen molar-refractivity contribution < 1.29 is 9.18 Å². The normalized spacial score (nSPS) is 14.1. The SMILES string of the molecule is CCC(C)(CCl)NC(=O)Cc1c(F)cccc1Cl. The molecular formula is C13H16Cl2FNO. The Kier molecular flexibility index (Phi) is 5.42. The third-order valence-corrected chi connectivity index (χ3v) is 3.86. The second-order valence-electron chi connectivity index (χ2n) is 4.47. The average Bonchev–Trinajstić information content (AvgIpc) is 2.34. The number of amides is 1. The van der Waals surface area contributed by atoms with Crippen molar-refractivity contribution in [3.05, 3.63) is 34.6 Å². The molecule has 18 heavy (non-hydrogen) atoms. The van der Waals surface area contributed by atoms with Crippen LogP contribution < -0.4 is 5.32 Å². The smallest absolute Gasteiger partial charge is 0.225 e. The van der Waals surface area contributed by atoms with E-state index < -0.39 is 11.4 Å². The zero-order valence-electron chi connectivity index (χ0n) is 10.4. The molecule has 0 aliphatic carbocycles. The number of hydrogen-bond acceptors (Lipinski definition) is 1. The lowest BCUT2D eigenvalue weighted by Crippen LogP contribution is -2.47. The third-order valence-electron chi connectivity index (χ3n) is 2.92. The van der Waals surface area contributed by atoms with Crippen molar-refractivity contribution in [2.45, 2.75) is 32.2 Å². The zero-order valence-corrected chi connectivity index (χ0v) is 11.9. The van der Waals surface area contributed by atoms with Crippen LogP contribution in [0, 0.1) is 5.82 Å². The van der Waals surface area contributed by atoms with Crippen LogP contribution in [0.25, 0.3) is 0 Å². The Morgan fingerprint density at radius 3 is 2.67 bits per heavy atom. The van der Waals surface area contributed by atoms with Crippen LogP contribution in [0.4, 0.5) is 4.39 Å². The molecule has 100 valence electrons. The van der Waals surface area contributed by atoms with E-state index in [1.165, 1.54) is 12.1 Å². The molecule has 0 saturated carbocycles. The standard InChI is InChI=1S/C13H16Cl2FNO/c1-3-13(2,8-14)17-12(18)7-9-10(15)5-4-6-11(9)16/h4-6H,3,7-8H2,1-2H3,(H,17,18). The van der Waals surface area contributed by atoms with Crippen molar-refractivity contribution >= 4 is 29.1 Å². The summed E-state index contributed by atoms with van der Waals surface area (Å²) in [4.78, 5) is 11.9. The molecule has 0 fully saturated rings. The van der Waals surface area contributed by atoms with E-state index >= 15 is 0 Å². The van der Waals surface area contributed by atoms with E-state index in [1.54, 1.807) is 6.07 Å². The fraction of sp³-hybridized carbons (Fsp3) is 0.462. The molecular weight excluding hydrogens is 276 g/mol. The summed E-state index contributed by atoms with van der Waals surface area (Å²) in [5.41, 5.74) is -0.263. The van der Waals surface area contributed by atoms with Crippen LogP contribution >= 0.6 is 23.2 Å². The van der Waals surface area contributed by atoms with Gasteiger partial charge in [-0.05, 0) is 25.5 Å². The Hall–Kier alpha value is -0.800. The van der Waals surface area contributed by atoms with Gasteiger partial charge in [0.15, 0.2) is 0 Å². The molecule has 0 aliphatic heterocycles. The molecule has 2 nitrogen and oxygen atoms in total. The number of halogens is 3. The van der Waals surface area contributed by atoms with Crippen LogP contribution in [0.1, 0.15) is 25.8 Å². The second-order valence-corrected chi connectivity index (χ2v) is 5.15. The highest BCUT2D eigenvalue weighted by atomic mass is 35.5. The molecule has 1 aromatic carbocycles. The Labute approximate surface area is 116 Å². The Morgan fingerprint density at radius 1 is 1.50 bits per heavy atom. The third kappa shape index (κ3) is 3.85. The van der Waals surface area contributed by atoms with Gasteiger partial charge in [-0.25, -0.2) is 4.39 Å². The maximum Gasteiger partial charge on any atom is 0.225 e. The molecule has 1 unspecified atom stereocenters. The first-order valence-corrected chi connectivity index (χ1v) is 6.63. The minimum absolute atomic E-state index is 0.0853. The first-order valence-electron chi connectivity index (χ1n) is 5.71. The van der Waals surface area contributed by atoms with Gasteiger partial charge in [-0.1, -0.05) is 24.6 Å². The van der Waals surface area contributed by atoms with E-state index in [1.807, 2.05) is 13.8 Å². The fourth-order valence-electron chi connectivity index (χ4n) is 1.46. The van der Waals surface area contributed by atoms with Gasteiger partial charge >= 0.3 is 0 Å². The molecule has 1 rings (SSSR count). The molecule has 1 N–H and O–H groups in total. The number of benzene rings is 1. The molecule has 1 atom stereocenters. The summed E-state index contributed by atoms with van der Waals surface area (Å²) in [7, 11) is 0. The lowest BCUT2D eigenvalue weighted by atomic mass is 10.0. The molecule has 0 bridgehead atoms. The van der Waals surface area contributed by atoms with Crippen LogP contribution in [-0.2, 0) is 11.2 Å². The summed E-state index contributed by atoms with van der Waals surface area (Å²) in [6.07, 6.45) is 0.616. The highest BCUT2D eigenvalue weighted by Gasteiger charge is 2.23. The highest BCUT2D eigenvalue weighted by molar-refractivity contribution is 6.31. The number of carbonyl (C=O) groups excluding carboxylic acids is 1.